The summed E-state index contributed by atoms with van der Waals surface area (Å²) in [6.45, 7) is 6.91. The molecule has 2 bridgehead atoms. The summed E-state index contributed by atoms with van der Waals surface area (Å²) in [5, 5.41) is 0. The quantitative estimate of drug-likeness (QED) is 0.547. The van der Waals surface area contributed by atoms with Crippen LogP contribution in [0.1, 0.15) is 40.0 Å². The lowest BCUT2D eigenvalue weighted by Crippen LogP contribution is -2.35. The van der Waals surface area contributed by atoms with Crippen LogP contribution in [0.25, 0.3) is 0 Å². The van der Waals surface area contributed by atoms with Crippen molar-refractivity contribution in [3.8, 4) is 0 Å². The molecule has 1 heteroatoms. The minimum Gasteiger partial charge on any atom is -0.303 e. The molecule has 0 spiro atoms. The van der Waals surface area contributed by atoms with Gasteiger partial charge in [-0.25, -0.2) is 0 Å². The first-order valence-electron chi connectivity index (χ1n) is 4.99. The van der Waals surface area contributed by atoms with Crippen molar-refractivity contribution in [3.05, 3.63) is 0 Å². The maximum Gasteiger partial charge on any atom is 0.126 e. The molecule has 0 aliphatic heterocycles. The number of rotatable bonds is 1. The number of carbonyl (C=O) groups is 1. The number of aldehydes is 1. The Balaban J connectivity index is 2.37. The predicted molar refractivity (Wildman–Crippen MR) is 48.8 cm³/mol. The van der Waals surface area contributed by atoms with Crippen LogP contribution in [0.3, 0.4) is 0 Å². The fourth-order valence-electron chi connectivity index (χ4n) is 3.44. The highest BCUT2D eigenvalue weighted by Crippen LogP contribution is 2.64. The molecule has 2 aliphatic rings. The molecule has 0 N–H and O–H groups in total. The Bertz CT molecular complexity index is 219. The Labute approximate surface area is 74.5 Å². The second-order valence-corrected chi connectivity index (χ2v) is 5.33. The lowest BCUT2D eigenvalue weighted by molar-refractivity contribution is -0.119. The first kappa shape index (κ1) is 8.28. The fraction of sp³-hybridized carbons (Fsp3) is 0.909. The van der Waals surface area contributed by atoms with E-state index in [9.17, 15) is 4.79 Å². The van der Waals surface area contributed by atoms with Crippen LogP contribution in [-0.4, -0.2) is 6.29 Å². The van der Waals surface area contributed by atoms with E-state index in [1.807, 2.05) is 0 Å². The molecule has 0 radical (unpaired) electrons. The van der Waals surface area contributed by atoms with E-state index in [4.69, 9.17) is 0 Å². The summed E-state index contributed by atoms with van der Waals surface area (Å²) < 4.78 is 0. The number of hydrogen-bond donors (Lipinski definition) is 0. The van der Waals surface area contributed by atoms with Gasteiger partial charge in [-0.05, 0) is 36.5 Å². The predicted octanol–water partition coefficient (Wildman–Crippen LogP) is 2.65. The van der Waals surface area contributed by atoms with E-state index in [1.165, 1.54) is 12.7 Å². The zero-order chi connectivity index (χ0) is 8.98. The molecule has 0 aromatic rings. The molecule has 0 saturated heterocycles. The molecule has 68 valence electrons. The van der Waals surface area contributed by atoms with Crippen LogP contribution in [0.2, 0.25) is 0 Å². The largest absolute Gasteiger partial charge is 0.303 e. The first-order valence-corrected chi connectivity index (χ1v) is 4.99. The molecule has 0 unspecified atom stereocenters. The Morgan fingerprint density at radius 2 is 2.08 bits per heavy atom. The van der Waals surface area contributed by atoms with Gasteiger partial charge in [0.1, 0.15) is 6.29 Å². The molecule has 2 rings (SSSR count). The highest BCUT2D eigenvalue weighted by Gasteiger charge is 2.59. The van der Waals surface area contributed by atoms with Crippen molar-refractivity contribution in [1.29, 1.82) is 0 Å². The normalized spacial score (nSPS) is 49.6. The van der Waals surface area contributed by atoms with Gasteiger partial charge in [-0.1, -0.05) is 20.8 Å². The molecule has 2 saturated carbocycles. The van der Waals surface area contributed by atoms with Crippen molar-refractivity contribution in [2.75, 3.05) is 0 Å². The highest BCUT2D eigenvalue weighted by molar-refractivity contribution is 5.62. The van der Waals surface area contributed by atoms with Gasteiger partial charge in [0.15, 0.2) is 0 Å². The van der Waals surface area contributed by atoms with Crippen molar-refractivity contribution in [1.82, 2.24) is 0 Å². The van der Waals surface area contributed by atoms with Crippen LogP contribution in [-0.2, 0) is 4.79 Å². The third-order valence-corrected chi connectivity index (χ3v) is 4.85. The average molecular weight is 166 g/mol. The van der Waals surface area contributed by atoms with E-state index in [0.29, 0.717) is 11.3 Å². The lowest BCUT2D eigenvalue weighted by atomic mass is 9.65. The molecular weight excluding hydrogens is 148 g/mol. The topological polar surface area (TPSA) is 17.1 Å². The molecule has 0 aromatic carbocycles. The van der Waals surface area contributed by atoms with Gasteiger partial charge in [-0.3, -0.25) is 0 Å². The number of carbonyl (C=O) groups excluding carboxylic acids is 1. The summed E-state index contributed by atoms with van der Waals surface area (Å²) >= 11 is 0. The lowest BCUT2D eigenvalue weighted by Gasteiger charge is -2.39. The van der Waals surface area contributed by atoms with Gasteiger partial charge < -0.3 is 4.79 Å². The van der Waals surface area contributed by atoms with Gasteiger partial charge >= 0.3 is 0 Å². The van der Waals surface area contributed by atoms with Gasteiger partial charge in [0.05, 0.1) is 0 Å². The molecule has 1 nitrogen and oxygen atoms in total. The van der Waals surface area contributed by atoms with E-state index in [1.54, 1.807) is 0 Å². The zero-order valence-corrected chi connectivity index (χ0v) is 8.26. The molecular formula is C11H18O. The number of fused-ring (bicyclic) bond motifs is 2. The molecule has 0 amide bonds. The monoisotopic (exact) mass is 166 g/mol. The first-order chi connectivity index (χ1) is 5.53. The van der Waals surface area contributed by atoms with Crippen LogP contribution >= 0.6 is 0 Å². The molecule has 3 atom stereocenters. The van der Waals surface area contributed by atoms with Gasteiger partial charge in [0.2, 0.25) is 0 Å². The van der Waals surface area contributed by atoms with Crippen molar-refractivity contribution in [2.45, 2.75) is 40.0 Å². The maximum absolute atomic E-state index is 11.1. The minimum atomic E-state index is 0.0637. The zero-order valence-electron chi connectivity index (χ0n) is 8.26. The molecule has 0 heterocycles. The van der Waals surface area contributed by atoms with Gasteiger partial charge in [-0.2, -0.15) is 0 Å². The Morgan fingerprint density at radius 1 is 1.42 bits per heavy atom. The van der Waals surface area contributed by atoms with Crippen LogP contribution in [0.15, 0.2) is 0 Å². The summed E-state index contributed by atoms with van der Waals surface area (Å²) in [7, 11) is 0. The third kappa shape index (κ3) is 0.725. The second-order valence-electron chi connectivity index (χ2n) is 5.33. The third-order valence-electron chi connectivity index (χ3n) is 4.85. The van der Waals surface area contributed by atoms with Crippen LogP contribution in [0, 0.1) is 22.7 Å². The minimum absolute atomic E-state index is 0.0637. The Kier molecular flexibility index (Phi) is 1.47. The molecule has 2 aliphatic carbocycles. The summed E-state index contributed by atoms with van der Waals surface area (Å²) in [4.78, 5) is 11.1. The second kappa shape index (κ2) is 2.12. The van der Waals surface area contributed by atoms with E-state index in [-0.39, 0.29) is 5.41 Å². The standard InChI is InChI=1S/C11H18O/c1-8-10(2,3)9-4-5-11(8,6-9)7-12/h7-9H,4-6H2,1-3H3/t8-,9-,11+/m1/s1. The van der Waals surface area contributed by atoms with Gasteiger partial charge in [0, 0.05) is 5.41 Å². The smallest absolute Gasteiger partial charge is 0.126 e. The van der Waals surface area contributed by atoms with E-state index in [2.05, 4.69) is 20.8 Å². The Hall–Kier alpha value is -0.330. The molecule has 0 aromatic heterocycles. The average Bonchev–Trinajstić information content (AvgIpc) is 2.53. The van der Waals surface area contributed by atoms with Crippen molar-refractivity contribution < 1.29 is 4.79 Å². The van der Waals surface area contributed by atoms with Crippen molar-refractivity contribution in [2.24, 2.45) is 22.7 Å². The fourth-order valence-corrected chi connectivity index (χ4v) is 3.44. The molecule has 2 fully saturated rings. The van der Waals surface area contributed by atoms with E-state index >= 15 is 0 Å². The Morgan fingerprint density at radius 3 is 2.42 bits per heavy atom. The number of hydrogen-bond acceptors (Lipinski definition) is 1. The van der Waals surface area contributed by atoms with Crippen LogP contribution in [0.4, 0.5) is 0 Å². The summed E-state index contributed by atoms with van der Waals surface area (Å²) in [6.07, 6.45) is 4.82. The summed E-state index contributed by atoms with van der Waals surface area (Å²) in [6, 6.07) is 0. The molecule has 12 heavy (non-hydrogen) atoms. The maximum atomic E-state index is 11.1. The van der Waals surface area contributed by atoms with Crippen molar-refractivity contribution in [3.63, 3.8) is 0 Å². The van der Waals surface area contributed by atoms with Gasteiger partial charge in [0.25, 0.3) is 0 Å². The highest BCUT2D eigenvalue weighted by atomic mass is 16.1. The van der Waals surface area contributed by atoms with Crippen LogP contribution < -0.4 is 0 Å². The summed E-state index contributed by atoms with van der Waals surface area (Å²) in [5.41, 5.74) is 0.466. The van der Waals surface area contributed by atoms with Crippen LogP contribution in [0.5, 0.6) is 0 Å². The van der Waals surface area contributed by atoms with E-state index < -0.39 is 0 Å². The summed E-state index contributed by atoms with van der Waals surface area (Å²) in [5.74, 6) is 1.39. The van der Waals surface area contributed by atoms with Gasteiger partial charge in [-0.15, -0.1) is 0 Å². The van der Waals surface area contributed by atoms with E-state index in [0.717, 1.165) is 18.8 Å². The van der Waals surface area contributed by atoms with Crippen molar-refractivity contribution >= 4 is 6.29 Å². The SMILES string of the molecule is C[C@@H]1C(C)(C)[C@@H]2CC[C@@]1(C=O)C2.